The molecule has 0 aliphatic rings. The molecule has 18 heavy (non-hydrogen) atoms. The predicted octanol–water partition coefficient (Wildman–Crippen LogP) is 1.62. The average Bonchev–Trinajstić information content (AvgIpc) is 2.39. The topological polar surface area (TPSA) is 121 Å². The third-order valence-electron chi connectivity index (χ3n) is 2.00. The van der Waals surface area contributed by atoms with Crippen LogP contribution in [0.4, 0.5) is 5.69 Å². The lowest BCUT2D eigenvalue weighted by atomic mass is 10.1. The minimum Gasteiger partial charge on any atom is -0.478 e. The summed E-state index contributed by atoms with van der Waals surface area (Å²) >= 11 is 0. The molecule has 6 nitrogen and oxygen atoms in total. The molecule has 6 heteroatoms. The number of carboxylic acid groups (broad SMARTS) is 1. The van der Waals surface area contributed by atoms with E-state index < -0.39 is 11.5 Å². The highest BCUT2D eigenvalue weighted by Gasteiger charge is 2.12. The fraction of sp³-hybridized carbons (Fsp3) is 0. The number of carboxylic acids is 1. The molecule has 1 aromatic rings. The number of carbonyl (C=O) groups is 1. The van der Waals surface area contributed by atoms with Crippen molar-refractivity contribution in [3.63, 3.8) is 0 Å². The van der Waals surface area contributed by atoms with Crippen LogP contribution in [0.5, 0.6) is 0 Å². The monoisotopic (exact) mass is 238 g/mol. The first-order valence-corrected chi connectivity index (χ1v) is 4.68. The van der Waals surface area contributed by atoms with E-state index in [9.17, 15) is 4.79 Å². The molecule has 0 atom stereocenters. The number of hydrogen-bond acceptors (Lipinski definition) is 5. The van der Waals surface area contributed by atoms with Crippen LogP contribution >= 0.6 is 0 Å². The standard InChI is InChI=1S/C12H6N4O2/c13-5-8(6-14)11(7-15)16-10-4-2-1-3-9(10)12(17)18/h1-4,16H,(H,17,18). The number of para-hydroxylation sites is 1. The normalized spacial score (nSPS) is 8.28. The predicted molar refractivity (Wildman–Crippen MR) is 60.9 cm³/mol. The second-order valence-corrected chi connectivity index (χ2v) is 3.06. The Balaban J connectivity index is 3.26. The van der Waals surface area contributed by atoms with E-state index in [4.69, 9.17) is 20.9 Å². The number of rotatable bonds is 3. The van der Waals surface area contributed by atoms with E-state index in [1.807, 2.05) is 0 Å². The third-order valence-corrected chi connectivity index (χ3v) is 2.00. The molecule has 0 fully saturated rings. The lowest BCUT2D eigenvalue weighted by Gasteiger charge is -2.07. The van der Waals surface area contributed by atoms with E-state index in [2.05, 4.69) is 5.32 Å². The first kappa shape index (κ1) is 12.8. The summed E-state index contributed by atoms with van der Waals surface area (Å²) in [4.78, 5) is 10.9. The van der Waals surface area contributed by atoms with Gasteiger partial charge in [0.25, 0.3) is 0 Å². The van der Waals surface area contributed by atoms with Crippen LogP contribution in [0.2, 0.25) is 0 Å². The quantitative estimate of drug-likeness (QED) is 0.771. The zero-order valence-electron chi connectivity index (χ0n) is 9.01. The Morgan fingerprint density at radius 1 is 1.11 bits per heavy atom. The van der Waals surface area contributed by atoms with Gasteiger partial charge < -0.3 is 10.4 Å². The summed E-state index contributed by atoms with van der Waals surface area (Å²) in [6.45, 7) is 0. The maximum Gasteiger partial charge on any atom is 0.337 e. The van der Waals surface area contributed by atoms with Gasteiger partial charge in [-0.2, -0.15) is 15.8 Å². The molecule has 1 aromatic carbocycles. The molecule has 0 saturated carbocycles. The van der Waals surface area contributed by atoms with Crippen LogP contribution < -0.4 is 5.32 Å². The van der Waals surface area contributed by atoms with Crippen LogP contribution in [0, 0.1) is 34.0 Å². The molecular formula is C12H6N4O2. The summed E-state index contributed by atoms with van der Waals surface area (Å²) in [7, 11) is 0. The van der Waals surface area contributed by atoms with Crippen LogP contribution in [0.1, 0.15) is 10.4 Å². The van der Waals surface area contributed by atoms with Crippen LogP contribution in [0.25, 0.3) is 0 Å². The number of anilines is 1. The maximum atomic E-state index is 10.9. The minimum absolute atomic E-state index is 0.0551. The van der Waals surface area contributed by atoms with Gasteiger partial charge in [0.2, 0.25) is 0 Å². The second-order valence-electron chi connectivity index (χ2n) is 3.06. The van der Waals surface area contributed by atoms with Crippen molar-refractivity contribution in [2.24, 2.45) is 0 Å². The molecule has 0 aliphatic carbocycles. The minimum atomic E-state index is -1.18. The molecule has 86 valence electrons. The Labute approximate surface area is 103 Å². The molecule has 0 saturated heterocycles. The summed E-state index contributed by atoms with van der Waals surface area (Å²) in [5, 5.41) is 37.5. The SMILES string of the molecule is N#CC(C#N)=C(C#N)Nc1ccccc1C(=O)O. The van der Waals surface area contributed by atoms with Crippen molar-refractivity contribution < 1.29 is 9.90 Å². The summed E-state index contributed by atoms with van der Waals surface area (Å²) in [5.74, 6) is -1.18. The molecule has 1 rings (SSSR count). The van der Waals surface area contributed by atoms with E-state index >= 15 is 0 Å². The Hall–Kier alpha value is -3.30. The van der Waals surface area contributed by atoms with Crippen LogP contribution in [-0.2, 0) is 0 Å². The first-order chi connectivity index (χ1) is 8.63. The number of allylic oxidation sites excluding steroid dienone is 2. The van der Waals surface area contributed by atoms with Gasteiger partial charge in [-0.15, -0.1) is 0 Å². The van der Waals surface area contributed by atoms with E-state index in [0.29, 0.717) is 0 Å². The highest BCUT2D eigenvalue weighted by molar-refractivity contribution is 5.94. The highest BCUT2D eigenvalue weighted by Crippen LogP contribution is 2.18. The van der Waals surface area contributed by atoms with E-state index in [-0.39, 0.29) is 16.9 Å². The lowest BCUT2D eigenvalue weighted by molar-refractivity contribution is 0.0698. The van der Waals surface area contributed by atoms with Gasteiger partial charge in [-0.05, 0) is 12.1 Å². The van der Waals surface area contributed by atoms with Crippen molar-refractivity contribution in [1.29, 1.82) is 15.8 Å². The fourth-order valence-electron chi connectivity index (χ4n) is 1.20. The molecule has 0 unspecified atom stereocenters. The van der Waals surface area contributed by atoms with Crippen molar-refractivity contribution in [3.8, 4) is 18.2 Å². The van der Waals surface area contributed by atoms with Crippen molar-refractivity contribution in [2.75, 3.05) is 5.32 Å². The van der Waals surface area contributed by atoms with Gasteiger partial charge >= 0.3 is 5.97 Å². The largest absolute Gasteiger partial charge is 0.478 e. The second kappa shape index (κ2) is 5.69. The average molecular weight is 238 g/mol. The summed E-state index contributed by atoms with van der Waals surface area (Å²) < 4.78 is 0. The summed E-state index contributed by atoms with van der Waals surface area (Å²) in [5.41, 5.74) is -0.601. The van der Waals surface area contributed by atoms with Crippen molar-refractivity contribution in [3.05, 3.63) is 41.1 Å². The Kier molecular flexibility index (Phi) is 4.04. The highest BCUT2D eigenvalue weighted by atomic mass is 16.4. The van der Waals surface area contributed by atoms with Crippen molar-refractivity contribution >= 4 is 11.7 Å². The molecular weight excluding hydrogens is 232 g/mol. The van der Waals surface area contributed by atoms with Crippen LogP contribution in [-0.4, -0.2) is 11.1 Å². The summed E-state index contributed by atoms with van der Waals surface area (Å²) in [6, 6.07) is 10.6. The number of nitrogens with zero attached hydrogens (tertiary/aromatic N) is 3. The molecule has 0 bridgehead atoms. The van der Waals surface area contributed by atoms with Crippen LogP contribution in [0.15, 0.2) is 35.5 Å². The first-order valence-electron chi connectivity index (χ1n) is 4.68. The lowest BCUT2D eigenvalue weighted by Crippen LogP contribution is -2.06. The number of nitrogens with one attached hydrogen (secondary N) is 1. The van der Waals surface area contributed by atoms with Crippen molar-refractivity contribution in [1.82, 2.24) is 0 Å². The fourth-order valence-corrected chi connectivity index (χ4v) is 1.20. The molecule has 0 spiro atoms. The van der Waals surface area contributed by atoms with E-state index in [1.54, 1.807) is 24.3 Å². The van der Waals surface area contributed by atoms with Gasteiger partial charge in [-0.3, -0.25) is 0 Å². The molecule has 0 heterocycles. The third kappa shape index (κ3) is 2.63. The van der Waals surface area contributed by atoms with Gasteiger partial charge in [0, 0.05) is 0 Å². The number of benzene rings is 1. The molecule has 2 N–H and O–H groups in total. The molecule has 0 aromatic heterocycles. The molecule has 0 amide bonds. The van der Waals surface area contributed by atoms with Gasteiger partial charge in [0.05, 0.1) is 11.3 Å². The maximum absolute atomic E-state index is 10.9. The zero-order valence-corrected chi connectivity index (χ0v) is 9.01. The van der Waals surface area contributed by atoms with Gasteiger partial charge in [-0.1, -0.05) is 12.1 Å². The van der Waals surface area contributed by atoms with Gasteiger partial charge in [0.1, 0.15) is 23.9 Å². The zero-order chi connectivity index (χ0) is 13.5. The number of nitriles is 3. The van der Waals surface area contributed by atoms with E-state index in [0.717, 1.165) is 0 Å². The Bertz CT molecular complexity index is 625. The molecule has 0 radical (unpaired) electrons. The molecule has 0 aliphatic heterocycles. The van der Waals surface area contributed by atoms with Crippen molar-refractivity contribution in [2.45, 2.75) is 0 Å². The number of hydrogen-bond donors (Lipinski definition) is 2. The van der Waals surface area contributed by atoms with E-state index in [1.165, 1.54) is 18.2 Å². The smallest absolute Gasteiger partial charge is 0.337 e. The Morgan fingerprint density at radius 3 is 2.22 bits per heavy atom. The number of aromatic carboxylic acids is 1. The Morgan fingerprint density at radius 2 is 1.72 bits per heavy atom. The van der Waals surface area contributed by atoms with Crippen LogP contribution in [0.3, 0.4) is 0 Å². The van der Waals surface area contributed by atoms with Gasteiger partial charge in [0.15, 0.2) is 5.57 Å². The van der Waals surface area contributed by atoms with Gasteiger partial charge in [-0.25, -0.2) is 4.79 Å². The summed E-state index contributed by atoms with van der Waals surface area (Å²) in [6.07, 6.45) is 0.